The summed E-state index contributed by atoms with van der Waals surface area (Å²) in [7, 11) is 0. The van der Waals surface area contributed by atoms with Gasteiger partial charge in [-0.1, -0.05) is 42.0 Å². The lowest BCUT2D eigenvalue weighted by Gasteiger charge is -2.02. The first-order valence-corrected chi connectivity index (χ1v) is 7.14. The maximum Gasteiger partial charge on any atom is 0.302 e. The number of hydrogen-bond acceptors (Lipinski definition) is 4. The molecule has 3 rings (SSSR count). The fraction of sp³-hybridized carbons (Fsp3) is 0.118. The smallest absolute Gasteiger partial charge is 0.302 e. The number of carbonyl (C=O) groups excluding carboxylic acids is 1. The average Bonchev–Trinajstić information content (AvgIpc) is 2.89. The van der Waals surface area contributed by atoms with Gasteiger partial charge in [0, 0.05) is 10.8 Å². The summed E-state index contributed by atoms with van der Waals surface area (Å²) in [6.07, 6.45) is 0. The predicted molar refractivity (Wildman–Crippen MR) is 88.9 cm³/mol. The lowest BCUT2D eigenvalue weighted by molar-refractivity contribution is -0.120. The van der Waals surface area contributed by atoms with E-state index in [-0.39, 0.29) is 6.61 Å². The Morgan fingerprint density at radius 2 is 1.83 bits per heavy atom. The van der Waals surface area contributed by atoms with E-state index < -0.39 is 5.91 Å². The largest absolute Gasteiger partial charge is 0.484 e. The minimum absolute atomic E-state index is 0.166. The Morgan fingerprint density at radius 3 is 2.57 bits per heavy atom. The molecule has 2 aromatic carbocycles. The van der Waals surface area contributed by atoms with Crippen LogP contribution < -0.4 is 10.5 Å². The molecule has 0 fully saturated rings. The molecule has 0 atom stereocenters. The molecule has 1 aromatic heterocycles. The number of nitrogens with two attached hydrogens (primary N) is 1. The maximum absolute atomic E-state index is 11.8. The third-order valence-corrected chi connectivity index (χ3v) is 3.37. The number of benzene rings is 2. The first-order valence-electron chi connectivity index (χ1n) is 7.14. The second-order valence-electron chi connectivity index (χ2n) is 5.13. The van der Waals surface area contributed by atoms with Crippen LogP contribution in [0.1, 0.15) is 5.56 Å². The molecule has 0 bridgehead atoms. The Labute approximate surface area is 133 Å². The number of anilines is 1. The summed E-state index contributed by atoms with van der Waals surface area (Å²) in [6.45, 7) is 1.82. The molecule has 0 aliphatic heterocycles. The van der Waals surface area contributed by atoms with Crippen LogP contribution in [0.15, 0.2) is 58.8 Å². The molecule has 0 unspecified atom stereocenters. The Balaban J connectivity index is 1.67. The zero-order valence-electron chi connectivity index (χ0n) is 12.6. The van der Waals surface area contributed by atoms with E-state index in [9.17, 15) is 4.79 Å². The fourth-order valence-corrected chi connectivity index (χ4v) is 2.18. The van der Waals surface area contributed by atoms with Crippen LogP contribution in [0.3, 0.4) is 0 Å². The van der Waals surface area contributed by atoms with Crippen LogP contribution in [0.25, 0.3) is 10.8 Å². The SMILES string of the molecule is Cc1ccc(OCC(=O)N=Nc2[nH]c(N)c3ccccc23)cc1. The number of nitrogens with zero attached hydrogens (tertiary/aromatic N) is 2. The first kappa shape index (κ1) is 14.8. The van der Waals surface area contributed by atoms with Crippen LogP contribution in [-0.4, -0.2) is 17.5 Å². The molecule has 3 aromatic rings. The zero-order valence-corrected chi connectivity index (χ0v) is 12.6. The van der Waals surface area contributed by atoms with E-state index in [4.69, 9.17) is 10.5 Å². The number of hydrogen-bond donors (Lipinski definition) is 2. The van der Waals surface area contributed by atoms with Gasteiger partial charge in [0.15, 0.2) is 12.4 Å². The van der Waals surface area contributed by atoms with Crippen molar-refractivity contribution in [2.75, 3.05) is 12.3 Å². The van der Waals surface area contributed by atoms with Crippen molar-refractivity contribution in [3.63, 3.8) is 0 Å². The summed E-state index contributed by atoms with van der Waals surface area (Å²) >= 11 is 0. The van der Waals surface area contributed by atoms with Crippen LogP contribution in [0.4, 0.5) is 11.6 Å². The molecular formula is C17H16N4O2. The van der Waals surface area contributed by atoms with Crippen molar-refractivity contribution in [2.24, 2.45) is 10.2 Å². The standard InChI is InChI=1S/C17H16N4O2/c1-11-6-8-12(9-7-11)23-10-15(22)20-21-17-14-5-3-2-4-13(14)16(18)19-17/h2-9,19H,10,18H2,1H3. The zero-order chi connectivity index (χ0) is 16.2. The van der Waals surface area contributed by atoms with Gasteiger partial charge in [-0.2, -0.15) is 0 Å². The molecule has 0 spiro atoms. The Kier molecular flexibility index (Phi) is 4.05. The molecular weight excluding hydrogens is 292 g/mol. The normalized spacial score (nSPS) is 11.2. The van der Waals surface area contributed by atoms with Crippen LogP contribution in [-0.2, 0) is 4.79 Å². The number of aryl methyl sites for hydroxylation is 1. The number of ether oxygens (including phenoxy) is 1. The van der Waals surface area contributed by atoms with Gasteiger partial charge in [0.25, 0.3) is 0 Å². The maximum atomic E-state index is 11.8. The molecule has 6 heteroatoms. The van der Waals surface area contributed by atoms with Crippen LogP contribution in [0.2, 0.25) is 0 Å². The number of carbonyl (C=O) groups is 1. The van der Waals surface area contributed by atoms with Gasteiger partial charge < -0.3 is 15.5 Å². The van der Waals surface area contributed by atoms with Crippen molar-refractivity contribution in [2.45, 2.75) is 6.92 Å². The lowest BCUT2D eigenvalue weighted by atomic mass is 10.2. The first-order chi connectivity index (χ1) is 11.1. The second-order valence-corrected chi connectivity index (χ2v) is 5.13. The Hall–Kier alpha value is -3.15. The van der Waals surface area contributed by atoms with Crippen molar-refractivity contribution in [3.8, 4) is 5.75 Å². The summed E-state index contributed by atoms with van der Waals surface area (Å²) in [5.74, 6) is 1.11. The van der Waals surface area contributed by atoms with Crippen molar-refractivity contribution in [1.82, 2.24) is 4.98 Å². The number of aromatic nitrogens is 1. The highest BCUT2D eigenvalue weighted by atomic mass is 16.5. The van der Waals surface area contributed by atoms with Crippen molar-refractivity contribution in [1.29, 1.82) is 0 Å². The summed E-state index contributed by atoms with van der Waals surface area (Å²) in [5.41, 5.74) is 6.99. The van der Waals surface area contributed by atoms with E-state index in [0.717, 1.165) is 16.3 Å². The molecule has 3 N–H and O–H groups in total. The minimum Gasteiger partial charge on any atom is -0.484 e. The van der Waals surface area contributed by atoms with Gasteiger partial charge in [-0.3, -0.25) is 4.79 Å². The Morgan fingerprint density at radius 1 is 1.13 bits per heavy atom. The van der Waals surface area contributed by atoms with Crippen LogP contribution >= 0.6 is 0 Å². The van der Waals surface area contributed by atoms with Gasteiger partial charge >= 0.3 is 5.91 Å². The average molecular weight is 308 g/mol. The highest BCUT2D eigenvalue weighted by Crippen LogP contribution is 2.30. The van der Waals surface area contributed by atoms with Gasteiger partial charge in [-0.25, -0.2) is 0 Å². The van der Waals surface area contributed by atoms with Crippen molar-refractivity contribution < 1.29 is 9.53 Å². The van der Waals surface area contributed by atoms with Gasteiger partial charge in [0.05, 0.1) is 0 Å². The summed E-state index contributed by atoms with van der Waals surface area (Å²) in [4.78, 5) is 14.7. The van der Waals surface area contributed by atoms with Crippen molar-refractivity contribution in [3.05, 3.63) is 54.1 Å². The lowest BCUT2D eigenvalue weighted by Crippen LogP contribution is -2.07. The number of nitrogens with one attached hydrogen (secondary N) is 1. The van der Waals surface area contributed by atoms with E-state index in [2.05, 4.69) is 15.2 Å². The number of fused-ring (bicyclic) bond motifs is 1. The topological polar surface area (TPSA) is 92.8 Å². The molecule has 116 valence electrons. The molecule has 0 saturated heterocycles. The number of azo groups is 1. The molecule has 0 saturated carbocycles. The second kappa shape index (κ2) is 6.31. The third kappa shape index (κ3) is 3.37. The predicted octanol–water partition coefficient (Wildman–Crippen LogP) is 3.75. The number of nitrogen functional groups attached to an aromatic ring is 1. The van der Waals surface area contributed by atoms with Gasteiger partial charge in [0.1, 0.15) is 11.6 Å². The molecule has 1 heterocycles. The number of rotatable bonds is 4. The molecule has 1 amide bonds. The summed E-state index contributed by atoms with van der Waals surface area (Å²) in [6, 6.07) is 14.9. The van der Waals surface area contributed by atoms with E-state index in [1.54, 1.807) is 12.1 Å². The number of aromatic amines is 1. The van der Waals surface area contributed by atoms with Gasteiger partial charge in [-0.05, 0) is 19.1 Å². The summed E-state index contributed by atoms with van der Waals surface area (Å²) < 4.78 is 5.37. The van der Waals surface area contributed by atoms with E-state index in [0.29, 0.717) is 17.4 Å². The minimum atomic E-state index is -0.470. The van der Waals surface area contributed by atoms with Crippen LogP contribution in [0, 0.1) is 6.92 Å². The fourth-order valence-electron chi connectivity index (χ4n) is 2.18. The summed E-state index contributed by atoms with van der Waals surface area (Å²) in [5, 5.41) is 9.28. The van der Waals surface area contributed by atoms with Crippen molar-refractivity contribution >= 4 is 28.3 Å². The third-order valence-electron chi connectivity index (χ3n) is 3.37. The molecule has 23 heavy (non-hydrogen) atoms. The molecule has 0 radical (unpaired) electrons. The van der Waals surface area contributed by atoms with Gasteiger partial charge in [-0.15, -0.1) is 10.2 Å². The quantitative estimate of drug-likeness (QED) is 0.719. The van der Waals surface area contributed by atoms with Crippen LogP contribution in [0.5, 0.6) is 5.75 Å². The molecule has 6 nitrogen and oxygen atoms in total. The number of amides is 1. The monoisotopic (exact) mass is 308 g/mol. The number of H-pyrrole nitrogens is 1. The van der Waals surface area contributed by atoms with E-state index in [1.807, 2.05) is 43.3 Å². The highest BCUT2D eigenvalue weighted by molar-refractivity contribution is 5.99. The van der Waals surface area contributed by atoms with E-state index in [1.165, 1.54) is 0 Å². The molecule has 0 aliphatic carbocycles. The highest BCUT2D eigenvalue weighted by Gasteiger charge is 2.07. The van der Waals surface area contributed by atoms with E-state index >= 15 is 0 Å². The van der Waals surface area contributed by atoms with Gasteiger partial charge in [0.2, 0.25) is 0 Å². The molecule has 0 aliphatic rings. The Bertz CT molecular complexity index is 866.